The van der Waals surface area contributed by atoms with Gasteiger partial charge >= 0.3 is 0 Å². The largest absolute Gasteiger partial charge is 0.348 e. The lowest BCUT2D eigenvalue weighted by atomic mass is 9.93. The second-order valence-electron chi connectivity index (χ2n) is 6.65. The quantitative estimate of drug-likeness (QED) is 0.909. The molecule has 1 aromatic heterocycles. The molecule has 4 nitrogen and oxygen atoms in total. The van der Waals surface area contributed by atoms with Crippen molar-refractivity contribution < 1.29 is 4.79 Å². The maximum Gasteiger partial charge on any atom is 0.241 e. The van der Waals surface area contributed by atoms with Crippen molar-refractivity contribution in [2.75, 3.05) is 13.1 Å². The third-order valence-electron chi connectivity index (χ3n) is 5.37. The van der Waals surface area contributed by atoms with Crippen molar-refractivity contribution in [3.8, 4) is 0 Å². The molecule has 4 heteroatoms. The van der Waals surface area contributed by atoms with Crippen molar-refractivity contribution >= 4 is 5.91 Å². The van der Waals surface area contributed by atoms with E-state index in [2.05, 4.69) is 28.2 Å². The van der Waals surface area contributed by atoms with Crippen LogP contribution in [0.2, 0.25) is 0 Å². The Kier molecular flexibility index (Phi) is 4.77. The van der Waals surface area contributed by atoms with Gasteiger partial charge in [0.05, 0.1) is 6.04 Å². The van der Waals surface area contributed by atoms with Crippen molar-refractivity contribution in [1.82, 2.24) is 15.2 Å². The summed E-state index contributed by atoms with van der Waals surface area (Å²) >= 11 is 0. The smallest absolute Gasteiger partial charge is 0.241 e. The zero-order chi connectivity index (χ0) is 15.4. The van der Waals surface area contributed by atoms with E-state index in [0.717, 1.165) is 37.9 Å². The third-order valence-corrected chi connectivity index (χ3v) is 5.37. The fourth-order valence-electron chi connectivity index (χ4n) is 4.09. The molecule has 0 spiro atoms. The van der Waals surface area contributed by atoms with Gasteiger partial charge in [-0.3, -0.25) is 14.7 Å². The normalized spacial score (nSPS) is 22.6. The summed E-state index contributed by atoms with van der Waals surface area (Å²) in [6, 6.07) is 4.07. The van der Waals surface area contributed by atoms with Crippen molar-refractivity contribution in [3.05, 3.63) is 30.1 Å². The Bertz CT molecular complexity index is 490. The molecule has 120 valence electrons. The van der Waals surface area contributed by atoms with Gasteiger partial charge in [0.15, 0.2) is 0 Å². The summed E-state index contributed by atoms with van der Waals surface area (Å²) in [4.78, 5) is 19.8. The summed E-state index contributed by atoms with van der Waals surface area (Å²) in [5.41, 5.74) is 0.861. The van der Waals surface area contributed by atoms with Crippen LogP contribution in [-0.2, 0) is 4.79 Å². The summed E-state index contributed by atoms with van der Waals surface area (Å²) in [7, 11) is 0. The topological polar surface area (TPSA) is 45.2 Å². The van der Waals surface area contributed by atoms with Crippen LogP contribution in [0.15, 0.2) is 24.5 Å². The van der Waals surface area contributed by atoms with Crippen LogP contribution in [-0.4, -0.2) is 34.4 Å². The van der Waals surface area contributed by atoms with E-state index in [1.807, 2.05) is 12.3 Å². The monoisotopic (exact) mass is 301 g/mol. The molecular weight excluding hydrogens is 274 g/mol. The predicted molar refractivity (Wildman–Crippen MR) is 87.4 cm³/mol. The number of nitrogens with one attached hydrogen (secondary N) is 1. The summed E-state index contributed by atoms with van der Waals surface area (Å²) in [5.74, 6) is 0.239. The van der Waals surface area contributed by atoms with Crippen LogP contribution in [0.3, 0.4) is 0 Å². The highest BCUT2D eigenvalue weighted by atomic mass is 16.2. The fourth-order valence-corrected chi connectivity index (χ4v) is 4.09. The van der Waals surface area contributed by atoms with Crippen LogP contribution in [0.5, 0.6) is 0 Å². The first kappa shape index (κ1) is 15.5. The van der Waals surface area contributed by atoms with E-state index in [-0.39, 0.29) is 17.5 Å². The Morgan fingerprint density at radius 3 is 2.64 bits per heavy atom. The van der Waals surface area contributed by atoms with Gasteiger partial charge in [0.25, 0.3) is 0 Å². The molecule has 3 rings (SSSR count). The van der Waals surface area contributed by atoms with Crippen molar-refractivity contribution in [2.24, 2.45) is 0 Å². The first-order valence-electron chi connectivity index (χ1n) is 8.72. The van der Waals surface area contributed by atoms with Crippen LogP contribution < -0.4 is 5.32 Å². The van der Waals surface area contributed by atoms with Gasteiger partial charge in [-0.1, -0.05) is 25.8 Å². The standard InChI is InChI=1S/C18H27N3O/c1-2-16(15-8-7-11-19-14-15)20-17(22)18(9-3-4-10-18)21-12-5-6-13-21/h7-8,11,14,16H,2-6,9-10,12-13H2,1H3,(H,20,22)/t16-/m1/s1. The number of pyridine rings is 1. The van der Waals surface area contributed by atoms with Gasteiger partial charge in [-0.15, -0.1) is 0 Å². The van der Waals surface area contributed by atoms with Gasteiger partial charge in [-0.25, -0.2) is 0 Å². The maximum atomic E-state index is 13.1. The van der Waals surface area contributed by atoms with Crippen LogP contribution in [0, 0.1) is 0 Å². The van der Waals surface area contributed by atoms with Gasteiger partial charge in [0.2, 0.25) is 5.91 Å². The van der Waals surface area contributed by atoms with Gasteiger partial charge in [0, 0.05) is 12.4 Å². The van der Waals surface area contributed by atoms with E-state index in [4.69, 9.17) is 0 Å². The van der Waals surface area contributed by atoms with Crippen LogP contribution >= 0.6 is 0 Å². The minimum Gasteiger partial charge on any atom is -0.348 e. The third kappa shape index (κ3) is 2.89. The number of amides is 1. The minimum absolute atomic E-state index is 0.0706. The molecule has 0 bridgehead atoms. The molecule has 1 atom stereocenters. The van der Waals surface area contributed by atoms with E-state index < -0.39 is 0 Å². The number of likely N-dealkylation sites (tertiary alicyclic amines) is 1. The summed E-state index contributed by atoms with van der Waals surface area (Å²) < 4.78 is 0. The molecule has 0 aromatic carbocycles. The first-order valence-corrected chi connectivity index (χ1v) is 8.72. The Morgan fingerprint density at radius 2 is 2.05 bits per heavy atom. The fraction of sp³-hybridized carbons (Fsp3) is 0.667. The SMILES string of the molecule is CC[C@@H](NC(=O)C1(N2CCCC2)CCCC1)c1cccnc1. The summed E-state index contributed by atoms with van der Waals surface area (Å²) in [6.07, 6.45) is 11.4. The molecular formula is C18H27N3O. The van der Waals surface area contributed by atoms with E-state index in [9.17, 15) is 4.79 Å². The minimum atomic E-state index is -0.244. The lowest BCUT2D eigenvalue weighted by Gasteiger charge is -2.38. The molecule has 1 aliphatic heterocycles. The number of carbonyl (C=O) groups excluding carboxylic acids is 1. The van der Waals surface area contributed by atoms with E-state index in [1.54, 1.807) is 6.20 Å². The highest BCUT2D eigenvalue weighted by Crippen LogP contribution is 2.38. The van der Waals surface area contributed by atoms with Crippen LogP contribution in [0.25, 0.3) is 0 Å². The number of hydrogen-bond acceptors (Lipinski definition) is 3. The molecule has 0 radical (unpaired) electrons. The van der Waals surface area contributed by atoms with Crippen molar-refractivity contribution in [3.63, 3.8) is 0 Å². The second-order valence-corrected chi connectivity index (χ2v) is 6.65. The molecule has 2 fully saturated rings. The first-order chi connectivity index (χ1) is 10.8. The van der Waals surface area contributed by atoms with E-state index in [0.29, 0.717) is 0 Å². The molecule has 1 amide bonds. The summed E-state index contributed by atoms with van der Waals surface area (Å²) in [5, 5.41) is 3.32. The van der Waals surface area contributed by atoms with E-state index in [1.165, 1.54) is 25.7 Å². The van der Waals surface area contributed by atoms with Gasteiger partial charge in [-0.2, -0.15) is 0 Å². The Balaban J connectivity index is 1.76. The van der Waals surface area contributed by atoms with Gasteiger partial charge in [0.1, 0.15) is 5.54 Å². The summed E-state index contributed by atoms with van der Waals surface area (Å²) in [6.45, 7) is 4.28. The van der Waals surface area contributed by atoms with E-state index >= 15 is 0 Å². The Hall–Kier alpha value is -1.42. The molecule has 1 aliphatic carbocycles. The van der Waals surface area contributed by atoms with Crippen molar-refractivity contribution in [1.29, 1.82) is 0 Å². The number of nitrogens with zero attached hydrogens (tertiary/aromatic N) is 2. The average molecular weight is 301 g/mol. The van der Waals surface area contributed by atoms with Gasteiger partial charge in [-0.05, 0) is 56.8 Å². The number of rotatable bonds is 5. The number of carbonyl (C=O) groups is 1. The zero-order valence-corrected chi connectivity index (χ0v) is 13.6. The zero-order valence-electron chi connectivity index (χ0n) is 13.6. The molecule has 1 saturated carbocycles. The Morgan fingerprint density at radius 1 is 1.32 bits per heavy atom. The van der Waals surface area contributed by atoms with Crippen LogP contribution in [0.4, 0.5) is 0 Å². The number of aromatic nitrogens is 1. The average Bonchev–Trinajstić information content (AvgIpc) is 3.24. The predicted octanol–water partition coefficient (Wildman–Crippen LogP) is 3.06. The Labute approximate surface area is 133 Å². The number of hydrogen-bond donors (Lipinski definition) is 1. The molecule has 22 heavy (non-hydrogen) atoms. The highest BCUT2D eigenvalue weighted by Gasteiger charge is 2.47. The molecule has 1 aromatic rings. The van der Waals surface area contributed by atoms with Gasteiger partial charge < -0.3 is 5.32 Å². The molecule has 1 saturated heterocycles. The molecule has 2 heterocycles. The molecule has 0 unspecified atom stereocenters. The lowest BCUT2D eigenvalue weighted by molar-refractivity contribution is -0.133. The second kappa shape index (κ2) is 6.78. The van der Waals surface area contributed by atoms with Crippen molar-refractivity contribution in [2.45, 2.75) is 63.5 Å². The maximum absolute atomic E-state index is 13.1. The lowest BCUT2D eigenvalue weighted by Crippen LogP contribution is -2.56. The molecule has 1 N–H and O–H groups in total. The van der Waals surface area contributed by atoms with Crippen LogP contribution in [0.1, 0.15) is 63.5 Å². The molecule has 2 aliphatic rings. The highest BCUT2D eigenvalue weighted by molar-refractivity contribution is 5.87.